The molecule has 7 nitrogen and oxygen atoms in total. The third-order valence-corrected chi connectivity index (χ3v) is 4.88. The second-order valence-electron chi connectivity index (χ2n) is 6.73. The SMILES string of the molecule is Cc1cccc(C(=O)N2CCCC2)c1NC(=O)CCN1C(=O)CCC1=O. The summed E-state index contributed by atoms with van der Waals surface area (Å²) in [4.78, 5) is 51.3. The van der Waals surface area contributed by atoms with Crippen LogP contribution in [0.5, 0.6) is 0 Å². The van der Waals surface area contributed by atoms with Crippen molar-refractivity contribution in [2.75, 3.05) is 25.0 Å². The molecule has 1 N–H and O–H groups in total. The van der Waals surface area contributed by atoms with Crippen molar-refractivity contribution in [3.8, 4) is 0 Å². The number of hydrogen-bond donors (Lipinski definition) is 1. The van der Waals surface area contributed by atoms with Crippen LogP contribution in [-0.2, 0) is 14.4 Å². The van der Waals surface area contributed by atoms with E-state index in [9.17, 15) is 19.2 Å². The van der Waals surface area contributed by atoms with E-state index in [2.05, 4.69) is 5.32 Å². The Hall–Kier alpha value is -2.70. The van der Waals surface area contributed by atoms with Crippen LogP contribution in [0.2, 0.25) is 0 Å². The number of nitrogens with one attached hydrogen (secondary N) is 1. The molecule has 2 saturated heterocycles. The molecule has 3 rings (SSSR count). The highest BCUT2D eigenvalue weighted by Crippen LogP contribution is 2.24. The van der Waals surface area contributed by atoms with Gasteiger partial charge < -0.3 is 10.2 Å². The van der Waals surface area contributed by atoms with E-state index in [1.54, 1.807) is 17.0 Å². The van der Waals surface area contributed by atoms with Crippen molar-refractivity contribution in [2.45, 2.75) is 39.0 Å². The van der Waals surface area contributed by atoms with E-state index in [1.165, 1.54) is 0 Å². The Kier molecular flexibility index (Phi) is 5.35. The number of nitrogens with zero attached hydrogens (tertiary/aromatic N) is 2. The first-order chi connectivity index (χ1) is 12.5. The van der Waals surface area contributed by atoms with Gasteiger partial charge in [-0.2, -0.15) is 0 Å². The number of imide groups is 1. The Labute approximate surface area is 152 Å². The van der Waals surface area contributed by atoms with Crippen LogP contribution in [0.25, 0.3) is 0 Å². The fraction of sp³-hybridized carbons (Fsp3) is 0.474. The summed E-state index contributed by atoms with van der Waals surface area (Å²) >= 11 is 0. The topological polar surface area (TPSA) is 86.8 Å². The zero-order chi connectivity index (χ0) is 18.7. The predicted octanol–water partition coefficient (Wildman–Crippen LogP) is 1.71. The van der Waals surface area contributed by atoms with Gasteiger partial charge in [0.05, 0.1) is 11.3 Å². The molecule has 0 aromatic heterocycles. The Balaban J connectivity index is 1.68. The van der Waals surface area contributed by atoms with Crippen molar-refractivity contribution in [3.05, 3.63) is 29.3 Å². The highest BCUT2D eigenvalue weighted by atomic mass is 16.2. The fourth-order valence-corrected chi connectivity index (χ4v) is 3.39. The average Bonchev–Trinajstić information content (AvgIpc) is 3.25. The fourth-order valence-electron chi connectivity index (χ4n) is 3.39. The third kappa shape index (κ3) is 3.76. The number of anilines is 1. The highest BCUT2D eigenvalue weighted by Gasteiger charge is 2.29. The van der Waals surface area contributed by atoms with E-state index in [0.29, 0.717) is 11.3 Å². The molecule has 1 aromatic rings. The maximum Gasteiger partial charge on any atom is 0.255 e. The molecule has 26 heavy (non-hydrogen) atoms. The normalized spacial score (nSPS) is 17.1. The Morgan fingerprint density at radius 3 is 2.38 bits per heavy atom. The molecule has 138 valence electrons. The third-order valence-electron chi connectivity index (χ3n) is 4.88. The van der Waals surface area contributed by atoms with Gasteiger partial charge in [0.1, 0.15) is 0 Å². The number of rotatable bonds is 5. The summed E-state index contributed by atoms with van der Waals surface area (Å²) in [5.74, 6) is -0.860. The maximum atomic E-state index is 12.7. The van der Waals surface area contributed by atoms with Crippen molar-refractivity contribution in [3.63, 3.8) is 0 Å². The van der Waals surface area contributed by atoms with Crippen LogP contribution in [0.15, 0.2) is 18.2 Å². The van der Waals surface area contributed by atoms with Crippen molar-refractivity contribution in [1.29, 1.82) is 0 Å². The molecule has 0 unspecified atom stereocenters. The van der Waals surface area contributed by atoms with Gasteiger partial charge >= 0.3 is 0 Å². The van der Waals surface area contributed by atoms with Crippen LogP contribution in [-0.4, -0.2) is 53.1 Å². The number of hydrogen-bond acceptors (Lipinski definition) is 4. The van der Waals surface area contributed by atoms with Crippen LogP contribution in [0.3, 0.4) is 0 Å². The van der Waals surface area contributed by atoms with E-state index in [0.717, 1.165) is 36.4 Å². The van der Waals surface area contributed by atoms with Gasteiger partial charge in [0.2, 0.25) is 17.7 Å². The van der Waals surface area contributed by atoms with Crippen molar-refractivity contribution in [2.24, 2.45) is 0 Å². The number of carbonyl (C=O) groups is 4. The Morgan fingerprint density at radius 2 is 1.73 bits per heavy atom. The molecule has 2 aliphatic rings. The first-order valence-electron chi connectivity index (χ1n) is 8.99. The maximum absolute atomic E-state index is 12.7. The number of para-hydroxylation sites is 1. The number of amides is 4. The lowest BCUT2D eigenvalue weighted by atomic mass is 10.1. The zero-order valence-electron chi connectivity index (χ0n) is 14.9. The summed E-state index contributed by atoms with van der Waals surface area (Å²) in [5.41, 5.74) is 1.79. The van der Waals surface area contributed by atoms with Crippen LogP contribution < -0.4 is 5.32 Å². The zero-order valence-corrected chi connectivity index (χ0v) is 14.9. The Bertz CT molecular complexity index is 737. The minimum Gasteiger partial charge on any atom is -0.339 e. The standard InChI is InChI=1S/C19H23N3O4/c1-13-5-4-6-14(19(26)21-10-2-3-11-21)18(13)20-15(23)9-12-22-16(24)7-8-17(22)25/h4-6H,2-3,7-12H2,1H3,(H,20,23). The molecule has 0 atom stereocenters. The monoisotopic (exact) mass is 357 g/mol. The van der Waals surface area contributed by atoms with Crippen LogP contribution in [0, 0.1) is 6.92 Å². The quantitative estimate of drug-likeness (QED) is 0.813. The highest BCUT2D eigenvalue weighted by molar-refractivity contribution is 6.05. The first kappa shape index (κ1) is 18.1. The molecule has 0 spiro atoms. The Morgan fingerprint density at radius 1 is 1.08 bits per heavy atom. The lowest BCUT2D eigenvalue weighted by Gasteiger charge is -2.20. The molecule has 4 amide bonds. The second-order valence-corrected chi connectivity index (χ2v) is 6.73. The van der Waals surface area contributed by atoms with Crippen molar-refractivity contribution >= 4 is 29.3 Å². The molecule has 2 heterocycles. The minimum absolute atomic E-state index is 0.0170. The van der Waals surface area contributed by atoms with E-state index in [-0.39, 0.29) is 49.4 Å². The molecule has 2 fully saturated rings. The smallest absolute Gasteiger partial charge is 0.255 e. The molecule has 7 heteroatoms. The number of aryl methyl sites for hydroxylation is 1. The largest absolute Gasteiger partial charge is 0.339 e. The molecular weight excluding hydrogens is 334 g/mol. The summed E-state index contributed by atoms with van der Waals surface area (Å²) in [6, 6.07) is 5.36. The van der Waals surface area contributed by atoms with Gasteiger partial charge in [-0.15, -0.1) is 0 Å². The van der Waals surface area contributed by atoms with Gasteiger partial charge in [-0.05, 0) is 31.4 Å². The molecular formula is C19H23N3O4. The van der Waals surface area contributed by atoms with Gasteiger partial charge in [0.25, 0.3) is 5.91 Å². The van der Waals surface area contributed by atoms with Gasteiger partial charge in [0, 0.05) is 38.9 Å². The van der Waals surface area contributed by atoms with Gasteiger partial charge in [0.15, 0.2) is 0 Å². The molecule has 2 aliphatic heterocycles. The number of likely N-dealkylation sites (tertiary alicyclic amines) is 2. The van der Waals surface area contributed by atoms with Crippen molar-refractivity contribution < 1.29 is 19.2 Å². The summed E-state index contributed by atoms with van der Waals surface area (Å²) in [6.45, 7) is 3.38. The lowest BCUT2D eigenvalue weighted by molar-refractivity contribution is -0.138. The second kappa shape index (κ2) is 7.68. The average molecular weight is 357 g/mol. The van der Waals surface area contributed by atoms with E-state index >= 15 is 0 Å². The number of benzene rings is 1. The first-order valence-corrected chi connectivity index (χ1v) is 8.99. The molecule has 0 aliphatic carbocycles. The summed E-state index contributed by atoms with van der Waals surface area (Å²) in [6.07, 6.45) is 2.44. The van der Waals surface area contributed by atoms with Crippen LogP contribution in [0.1, 0.15) is 48.0 Å². The van der Waals surface area contributed by atoms with E-state index in [4.69, 9.17) is 0 Å². The lowest BCUT2D eigenvalue weighted by Crippen LogP contribution is -2.33. The molecule has 1 aromatic carbocycles. The van der Waals surface area contributed by atoms with Crippen LogP contribution >= 0.6 is 0 Å². The molecule has 0 radical (unpaired) electrons. The molecule has 0 bridgehead atoms. The van der Waals surface area contributed by atoms with E-state index in [1.807, 2.05) is 13.0 Å². The van der Waals surface area contributed by atoms with Gasteiger partial charge in [-0.1, -0.05) is 12.1 Å². The summed E-state index contributed by atoms with van der Waals surface area (Å²) in [5, 5.41) is 2.80. The number of carbonyl (C=O) groups excluding carboxylic acids is 4. The molecule has 0 saturated carbocycles. The summed E-state index contributed by atoms with van der Waals surface area (Å²) in [7, 11) is 0. The van der Waals surface area contributed by atoms with E-state index < -0.39 is 0 Å². The van der Waals surface area contributed by atoms with Crippen LogP contribution in [0.4, 0.5) is 5.69 Å². The van der Waals surface area contributed by atoms with Gasteiger partial charge in [-0.25, -0.2) is 0 Å². The minimum atomic E-state index is -0.317. The predicted molar refractivity (Wildman–Crippen MR) is 95.5 cm³/mol. The summed E-state index contributed by atoms with van der Waals surface area (Å²) < 4.78 is 0. The van der Waals surface area contributed by atoms with Gasteiger partial charge in [-0.3, -0.25) is 24.1 Å². The van der Waals surface area contributed by atoms with Crippen molar-refractivity contribution in [1.82, 2.24) is 9.80 Å².